The maximum absolute atomic E-state index is 14.8. The molecule has 7 atom stereocenters. The van der Waals surface area contributed by atoms with Gasteiger partial charge in [-0.25, -0.2) is 4.98 Å². The van der Waals surface area contributed by atoms with E-state index in [-0.39, 0.29) is 76.8 Å². The van der Waals surface area contributed by atoms with Crippen LogP contribution >= 0.6 is 0 Å². The third kappa shape index (κ3) is 19.7. The molecule has 420 valence electrons. The van der Waals surface area contributed by atoms with Crippen LogP contribution in [0.3, 0.4) is 0 Å². The van der Waals surface area contributed by atoms with Crippen molar-refractivity contribution in [3.8, 4) is 0 Å². The summed E-state index contributed by atoms with van der Waals surface area (Å²) in [6, 6.07) is 6.24. The van der Waals surface area contributed by atoms with Crippen molar-refractivity contribution in [2.45, 2.75) is 133 Å². The Kier molecular flexibility index (Phi) is 23.6. The molecule has 17 N–H and O–H groups in total. The Morgan fingerprint density at radius 2 is 1.41 bits per heavy atom. The number of nitrogens with two attached hydrogens (primary N) is 3. The van der Waals surface area contributed by atoms with Crippen LogP contribution in [0, 0.1) is 0 Å². The Morgan fingerprint density at radius 1 is 0.756 bits per heavy atom. The number of H-pyrrole nitrogens is 2. The second kappa shape index (κ2) is 30.6. The third-order valence-electron chi connectivity index (χ3n) is 12.7. The van der Waals surface area contributed by atoms with Gasteiger partial charge >= 0.3 is 0 Å². The smallest absolute Gasteiger partial charge is 0.243 e. The molecular formula is C52H72N16O10. The molecule has 4 aromatic rings. The van der Waals surface area contributed by atoms with E-state index in [0.717, 1.165) is 10.9 Å². The number of nitrogens with zero attached hydrogens (tertiary/aromatic N) is 2. The molecule has 1 saturated heterocycles. The predicted molar refractivity (Wildman–Crippen MR) is 287 cm³/mol. The fraction of sp³-hybridized carbons (Fsp3) is 0.462. The number of aliphatic imine (C=N–C) groups is 1. The highest BCUT2D eigenvalue weighted by Crippen LogP contribution is 2.20. The number of primary amides is 1. The van der Waals surface area contributed by atoms with Crippen LogP contribution in [0.5, 0.6) is 0 Å². The highest BCUT2D eigenvalue weighted by Gasteiger charge is 2.35. The summed E-state index contributed by atoms with van der Waals surface area (Å²) in [4.78, 5) is 152. The molecule has 5 rings (SSSR count). The zero-order valence-electron chi connectivity index (χ0n) is 43.8. The molecule has 2 aromatic carbocycles. The van der Waals surface area contributed by atoms with Crippen molar-refractivity contribution < 1.29 is 47.9 Å². The molecule has 78 heavy (non-hydrogen) atoms. The first-order valence-corrected chi connectivity index (χ1v) is 25.9. The van der Waals surface area contributed by atoms with Crippen LogP contribution < -0.4 is 65.1 Å². The van der Waals surface area contributed by atoms with E-state index in [2.05, 4.69) is 67.8 Å². The normalized spacial score (nSPS) is 20.7. The number of carbonyl (C=O) groups is 10. The summed E-state index contributed by atoms with van der Waals surface area (Å²) < 4.78 is 0. The summed E-state index contributed by atoms with van der Waals surface area (Å²) in [5.41, 5.74) is 18.9. The van der Waals surface area contributed by atoms with E-state index in [0.29, 0.717) is 29.7 Å². The number of fused-ring (bicyclic) bond motifs is 1. The van der Waals surface area contributed by atoms with E-state index in [9.17, 15) is 47.9 Å². The van der Waals surface area contributed by atoms with E-state index < -0.39 is 114 Å². The Hall–Kier alpha value is -8.84. The van der Waals surface area contributed by atoms with Gasteiger partial charge in [0.2, 0.25) is 59.1 Å². The Labute approximate surface area is 450 Å². The van der Waals surface area contributed by atoms with Crippen LogP contribution in [-0.2, 0) is 67.2 Å². The zero-order valence-corrected chi connectivity index (χ0v) is 43.8. The maximum Gasteiger partial charge on any atom is 0.243 e. The zero-order chi connectivity index (χ0) is 56.6. The average Bonchev–Trinajstić information content (AvgIpc) is 4.08. The van der Waals surface area contributed by atoms with E-state index in [1.165, 1.54) is 19.4 Å². The highest BCUT2D eigenvalue weighted by atomic mass is 16.2. The van der Waals surface area contributed by atoms with Gasteiger partial charge in [-0.2, -0.15) is 0 Å². The van der Waals surface area contributed by atoms with Gasteiger partial charge in [0.15, 0.2) is 5.96 Å². The standard InChI is InChI=1S/C52H72N16O10/c1-3-4-16-37(62-30(2)69)46(73)68-42-25-44(71)57-20-11-10-18-36(45(72)60-28-43(53)70)63-49(76)40(23-32-26-59-35-17-9-8-15-34(32)35)66-47(74)38(19-12-21-58-52(54)55)64-48(75)39(22-31-13-6-5-7-14-31)65-50(77)41(67-51(42)78)24-33-27-56-29-61-33/h5-9,13-15,17,26-27,29,36-42,59H,3-4,10-12,16,18-25,28H2,1-2H3,(H2,53,70)(H,56,61)(H,57,71)(H,60,72)(H,62,69)(H,63,76)(H,64,75)(H,65,77)(H,66,74)(H,67,78)(H,68,73)(H4,54,55,58)/t36-,37-,38-,39+,40-,41-,42-/m0/s1. The van der Waals surface area contributed by atoms with Crippen LogP contribution in [0.15, 0.2) is 78.3 Å². The molecule has 2 aromatic heterocycles. The number of imidazole rings is 1. The van der Waals surface area contributed by atoms with Gasteiger partial charge in [-0.05, 0) is 55.7 Å². The highest BCUT2D eigenvalue weighted by molar-refractivity contribution is 5.99. The monoisotopic (exact) mass is 1080 g/mol. The molecule has 0 unspecified atom stereocenters. The topological polar surface area (TPSA) is 414 Å². The SMILES string of the molecule is CCCC[C@H](NC(C)=O)C(=O)N[C@H]1CC(=O)NCCCC[C@@H](C(=O)NCC(N)=O)NC(=O)[C@H](Cc2c[nH]c3ccccc23)NC(=O)[C@H](CCCN=C(N)N)NC(=O)[C@@H](Cc2ccccc2)NC(=O)[C@H](Cc2cnc[nH]2)NC1=O. The molecule has 26 nitrogen and oxygen atoms in total. The number of hydrogen-bond acceptors (Lipinski definition) is 12. The fourth-order valence-electron chi connectivity index (χ4n) is 8.68. The fourth-order valence-corrected chi connectivity index (χ4v) is 8.68. The quantitative estimate of drug-likeness (QED) is 0.0272. The summed E-state index contributed by atoms with van der Waals surface area (Å²) in [6.45, 7) is 2.61. The van der Waals surface area contributed by atoms with E-state index in [1.807, 2.05) is 25.1 Å². The molecule has 0 saturated carbocycles. The summed E-state index contributed by atoms with van der Waals surface area (Å²) in [7, 11) is 0. The molecule has 26 heteroatoms. The minimum atomic E-state index is -1.61. The van der Waals surface area contributed by atoms with E-state index >= 15 is 0 Å². The van der Waals surface area contributed by atoms with Gasteiger partial charge in [0.1, 0.15) is 42.3 Å². The number of benzene rings is 2. The number of nitrogens with one attached hydrogen (secondary N) is 11. The number of aromatic nitrogens is 3. The minimum absolute atomic E-state index is 0.00574. The van der Waals surface area contributed by atoms with Crippen LogP contribution in [-0.4, -0.2) is 142 Å². The van der Waals surface area contributed by atoms with Crippen LogP contribution in [0.1, 0.15) is 88.5 Å². The first kappa shape index (κ1) is 60.0. The van der Waals surface area contributed by atoms with Crippen molar-refractivity contribution in [2.75, 3.05) is 19.6 Å². The largest absolute Gasteiger partial charge is 0.370 e. The minimum Gasteiger partial charge on any atom is -0.370 e. The van der Waals surface area contributed by atoms with Gasteiger partial charge in [-0.15, -0.1) is 0 Å². The first-order valence-electron chi connectivity index (χ1n) is 25.9. The number of rotatable bonds is 19. The van der Waals surface area contributed by atoms with Crippen LogP contribution in [0.4, 0.5) is 0 Å². The van der Waals surface area contributed by atoms with Crippen molar-refractivity contribution in [2.24, 2.45) is 22.2 Å². The van der Waals surface area contributed by atoms with Gasteiger partial charge in [-0.1, -0.05) is 68.3 Å². The summed E-state index contributed by atoms with van der Waals surface area (Å²) >= 11 is 0. The average molecular weight is 1080 g/mol. The molecule has 10 amide bonds. The molecule has 0 spiro atoms. The summed E-state index contributed by atoms with van der Waals surface area (Å²) in [5, 5.41) is 24.7. The second-order valence-corrected chi connectivity index (χ2v) is 19.0. The van der Waals surface area contributed by atoms with Crippen LogP contribution in [0.25, 0.3) is 10.9 Å². The van der Waals surface area contributed by atoms with Gasteiger partial charge in [0.25, 0.3) is 0 Å². The van der Waals surface area contributed by atoms with Gasteiger partial charge in [0, 0.05) is 68.3 Å². The second-order valence-electron chi connectivity index (χ2n) is 19.0. The van der Waals surface area contributed by atoms with Crippen molar-refractivity contribution in [1.29, 1.82) is 0 Å². The number of hydrogen-bond donors (Lipinski definition) is 14. The molecule has 3 heterocycles. The third-order valence-corrected chi connectivity index (χ3v) is 12.7. The lowest BCUT2D eigenvalue weighted by molar-refractivity contribution is -0.136. The van der Waals surface area contributed by atoms with Crippen molar-refractivity contribution >= 4 is 75.9 Å². The number of unbranched alkanes of at least 4 members (excludes halogenated alkanes) is 1. The molecule has 1 fully saturated rings. The molecule has 1 aliphatic heterocycles. The lowest BCUT2D eigenvalue weighted by Crippen LogP contribution is -2.61. The molecule has 0 radical (unpaired) electrons. The van der Waals surface area contributed by atoms with Crippen molar-refractivity contribution in [3.63, 3.8) is 0 Å². The summed E-state index contributed by atoms with van der Waals surface area (Å²) in [5.74, 6) is -8.10. The van der Waals surface area contributed by atoms with E-state index in [4.69, 9.17) is 17.2 Å². The lowest BCUT2D eigenvalue weighted by Gasteiger charge is -2.28. The number of carbonyl (C=O) groups excluding carboxylic acids is 10. The number of amides is 10. The van der Waals surface area contributed by atoms with Gasteiger partial charge < -0.3 is 75.0 Å². The number of guanidine groups is 1. The Bertz CT molecular complexity index is 2730. The summed E-state index contributed by atoms with van der Waals surface area (Å²) in [6.07, 6.45) is 5.24. The van der Waals surface area contributed by atoms with Gasteiger partial charge in [0.05, 0.1) is 19.3 Å². The molecule has 0 aliphatic carbocycles. The molecule has 0 bridgehead atoms. The lowest BCUT2D eigenvalue weighted by atomic mass is 10.0. The first-order chi connectivity index (χ1) is 37.4. The number of para-hydroxylation sites is 1. The maximum atomic E-state index is 14.8. The molecular weight excluding hydrogens is 1010 g/mol. The molecule has 1 aliphatic rings. The predicted octanol–water partition coefficient (Wildman–Crippen LogP) is -2.13. The van der Waals surface area contributed by atoms with Crippen molar-refractivity contribution in [3.05, 3.63) is 90.1 Å². The van der Waals surface area contributed by atoms with Crippen LogP contribution in [0.2, 0.25) is 0 Å². The van der Waals surface area contributed by atoms with Crippen molar-refractivity contribution in [1.82, 2.24) is 62.8 Å². The number of aromatic amines is 2. The Balaban J connectivity index is 1.58. The van der Waals surface area contributed by atoms with Gasteiger partial charge in [-0.3, -0.25) is 52.9 Å². The Morgan fingerprint density at radius 3 is 2.09 bits per heavy atom. The van der Waals surface area contributed by atoms with E-state index in [1.54, 1.807) is 42.6 Å².